The summed E-state index contributed by atoms with van der Waals surface area (Å²) in [5.41, 5.74) is 31.5. The Morgan fingerprint density at radius 3 is 0.312 bits per heavy atom. The van der Waals surface area contributed by atoms with Crippen LogP contribution in [0, 0.1) is 227 Å². The van der Waals surface area contributed by atoms with Crippen LogP contribution < -0.4 is 31.1 Å². The monoisotopic (exact) mass is 1550 g/mol. The van der Waals surface area contributed by atoms with Gasteiger partial charge in [-0.25, -0.2) is 0 Å². The van der Waals surface area contributed by atoms with Gasteiger partial charge in [0.25, 0.3) is 0 Å². The van der Waals surface area contributed by atoms with E-state index in [0.717, 1.165) is 0 Å². The van der Waals surface area contributed by atoms with E-state index in [0.29, 0.717) is 0 Å². The molecule has 4 aromatic carbocycles. The van der Waals surface area contributed by atoms with Gasteiger partial charge in [0, 0.05) is 0 Å². The molecule has 6 fully saturated rings. The van der Waals surface area contributed by atoms with E-state index in [1.54, 1.807) is 0 Å². The van der Waals surface area contributed by atoms with E-state index in [-0.39, 0.29) is 78.6 Å². The fraction of sp³-hybridized carbons (Fsp3) is 0.214. The van der Waals surface area contributed by atoms with Gasteiger partial charge >= 0.3 is 78.6 Å². The summed E-state index contributed by atoms with van der Waals surface area (Å²) >= 11 is 0. The molecule has 4 aromatic rings. The van der Waals surface area contributed by atoms with E-state index >= 15 is 0 Å². The summed E-state index contributed by atoms with van der Waals surface area (Å²) in [5.74, 6) is 0. The van der Waals surface area contributed by atoms with Crippen LogP contribution in [0.4, 0.5) is 0 Å². The van der Waals surface area contributed by atoms with E-state index in [4.69, 9.17) is 0 Å². The maximum atomic E-state index is 4.01. The minimum Gasteiger partial charge on any atom is -0.378 e. The second-order valence-corrected chi connectivity index (χ2v) is 50.4. The maximum absolute atomic E-state index is 4.01. The van der Waals surface area contributed by atoms with Crippen LogP contribution in [-0.4, -0.2) is 48.4 Å². The van der Waals surface area contributed by atoms with Crippen LogP contribution in [0.15, 0.2) is 143 Å². The topological polar surface area (TPSA) is 0 Å². The van der Waals surface area contributed by atoms with Crippen LogP contribution in [-0.2, 0) is 78.6 Å². The molecule has 93 heavy (non-hydrogen) atoms. The quantitative estimate of drug-likeness (QED) is 0.122. The number of benzene rings is 4. The Morgan fingerprint density at radius 2 is 0.237 bits per heavy atom. The van der Waals surface area contributed by atoms with E-state index in [2.05, 4.69) is 227 Å². The molecule has 6 aliphatic carbocycles. The van der Waals surface area contributed by atoms with Gasteiger partial charge in [-0.1, -0.05) is 219 Å². The zero-order chi connectivity index (χ0) is 66.1. The summed E-state index contributed by atoms with van der Waals surface area (Å²) in [6.45, 7) is 42.5. The Hall–Kier alpha value is -0.729. The van der Waals surface area contributed by atoms with Crippen LogP contribution in [0.3, 0.4) is 0 Å². The SMILES string of the molecule is CC1=[C-][Si](C)(C)c2ccc(cc2)[Si](C)(C)[C-]=C(C)C(C)=[C-][Si](C)(C)c2ccc(cc2)[Si](C)(C)[C-]=C(C)C(C)=[C-][Si](C)(C)c2ccc(cc2)[Si](C)(C)[C-]=C1C.[CH]1[CH][CH][CH][CH]1.[CH]1[CH][CH][CH][CH]1.[CH]1[CH][CH][CH][CH]1.[CH]1[CH][CH][CH][CH]1.[CH]1[CH][CH][CH][CH]1.[CH]1[CH][CH][CH][CH]1.[Zr+4].[Zr+4].[Zr+4].c1ccccc1. The van der Waals surface area contributed by atoms with Crippen molar-refractivity contribution >= 4 is 79.6 Å². The van der Waals surface area contributed by atoms with E-state index < -0.39 is 48.4 Å². The molecule has 0 nitrogen and oxygen atoms in total. The third kappa shape index (κ3) is 35.4. The fourth-order valence-corrected chi connectivity index (χ4v) is 23.6. The first-order valence-corrected chi connectivity index (χ1v) is 49.7. The van der Waals surface area contributed by atoms with Gasteiger partial charge in [0.15, 0.2) is 0 Å². The normalized spacial score (nSPS) is 20.6. The molecule has 30 radical (unpaired) electrons. The summed E-state index contributed by atoms with van der Waals surface area (Å²) in [6.07, 6.45) is 60.0. The average molecular weight is 1550 g/mol. The molecular formula is C84H102Si6Zr3+6. The summed E-state index contributed by atoms with van der Waals surface area (Å²) in [7, 11) is -11.8. The minimum atomic E-state index is -1.97. The van der Waals surface area contributed by atoms with Crippen molar-refractivity contribution in [3.8, 4) is 0 Å². The smallest absolute Gasteiger partial charge is 0.378 e. The molecule has 6 saturated carbocycles. The van der Waals surface area contributed by atoms with E-state index in [1.165, 1.54) is 64.6 Å². The van der Waals surface area contributed by atoms with Crippen molar-refractivity contribution in [1.82, 2.24) is 0 Å². The van der Waals surface area contributed by atoms with Crippen molar-refractivity contribution in [3.05, 3.63) is 369 Å². The van der Waals surface area contributed by atoms with Crippen molar-refractivity contribution in [3.63, 3.8) is 0 Å². The molecule has 0 spiro atoms. The first-order valence-electron chi connectivity index (χ1n) is 31.7. The maximum Gasteiger partial charge on any atom is 4.00 e. The van der Waals surface area contributed by atoms with Gasteiger partial charge in [0.2, 0.25) is 0 Å². The van der Waals surface area contributed by atoms with Crippen molar-refractivity contribution in [2.75, 3.05) is 0 Å². The van der Waals surface area contributed by atoms with Crippen molar-refractivity contribution in [2.45, 2.75) is 120 Å². The Balaban J connectivity index is 0.000000870. The van der Waals surface area contributed by atoms with Crippen LogP contribution in [0.2, 0.25) is 78.6 Å². The van der Waals surface area contributed by atoms with Crippen LogP contribution in [0.5, 0.6) is 0 Å². The number of hydrogen-bond acceptors (Lipinski definition) is 0. The molecule has 4 aliphatic heterocycles. The molecule has 14 rings (SSSR count). The Bertz CT molecular complexity index is 2270. The molecule has 9 heteroatoms. The number of rotatable bonds is 0. The molecule has 0 atom stereocenters. The first-order chi connectivity index (χ1) is 42.7. The predicted molar refractivity (Wildman–Crippen MR) is 412 cm³/mol. The summed E-state index contributed by atoms with van der Waals surface area (Å²) in [4.78, 5) is 0. The molecule has 468 valence electrons. The van der Waals surface area contributed by atoms with E-state index in [9.17, 15) is 0 Å². The zero-order valence-electron chi connectivity index (χ0n) is 59.2. The Morgan fingerprint density at radius 1 is 0.161 bits per heavy atom. The number of fused-ring (bicyclic) bond motifs is 3. The Kier molecular flexibility index (Phi) is 46.0. The van der Waals surface area contributed by atoms with Gasteiger partial charge in [0.05, 0.1) is 0 Å². The molecule has 0 unspecified atom stereocenters. The van der Waals surface area contributed by atoms with Gasteiger partial charge in [-0.15, -0.1) is 41.5 Å². The third-order valence-electron chi connectivity index (χ3n) is 15.7. The molecular weight excluding hydrogens is 1450 g/mol. The van der Waals surface area contributed by atoms with Gasteiger partial charge in [0.1, 0.15) is 0 Å². The standard InChI is InChI=1S/C48H66Si6.C6H6.6C5H5.3Zr/c1-37-31-49(7,8)43-19-21-45(22-20-43)51(11,12)33-39(3)41(5)35-53(15,16)47-27-29-48(30-28-47)54(17,18)36-42(6)40(4)34-52(13,14)46-25-23-44(24-26-46)50(9,10)32-38(37)2;1-2-4-6-5-3-1;6*1-2-4-5-3-1;;;/h19-30H,1-18H3;1-6H;6*1-5H;;;/q-6;;;;;;;;3*+4. The molecule has 0 aromatic heterocycles. The van der Waals surface area contributed by atoms with Crippen LogP contribution in [0.25, 0.3) is 0 Å². The Labute approximate surface area is 640 Å². The summed E-state index contributed by atoms with van der Waals surface area (Å²) in [6, 6.07) is 40.5. The summed E-state index contributed by atoms with van der Waals surface area (Å²) < 4.78 is 0. The van der Waals surface area contributed by atoms with Crippen LogP contribution >= 0.6 is 0 Å². The van der Waals surface area contributed by atoms with Crippen molar-refractivity contribution in [1.29, 1.82) is 0 Å². The molecule has 4 heterocycles. The third-order valence-corrected chi connectivity index (χ3v) is 32.3. The second kappa shape index (κ2) is 47.4. The molecule has 0 N–H and O–H groups in total. The second-order valence-electron chi connectivity index (χ2n) is 25.9. The van der Waals surface area contributed by atoms with Crippen molar-refractivity contribution in [2.24, 2.45) is 0 Å². The number of allylic oxidation sites excluding steroid dienone is 6. The molecule has 0 saturated heterocycles. The minimum absolute atomic E-state index is 0. The fourth-order valence-electron chi connectivity index (χ4n) is 10.0. The molecule has 0 amide bonds. The first kappa shape index (κ1) is 90.3. The van der Waals surface area contributed by atoms with E-state index in [1.807, 2.05) is 229 Å². The zero-order valence-corrected chi connectivity index (χ0v) is 72.6. The average Bonchev–Trinajstić information content (AvgIpc) is 1.05. The van der Waals surface area contributed by atoms with Gasteiger partial charge < -0.3 is 67.6 Å². The predicted octanol–water partition coefficient (Wildman–Crippen LogP) is 17.1. The summed E-state index contributed by atoms with van der Waals surface area (Å²) in [5, 5.41) is 8.51. The molecule has 6 bridgehead atoms. The number of hydrogen-bond donors (Lipinski definition) is 0. The van der Waals surface area contributed by atoms with Crippen LogP contribution in [0.1, 0.15) is 41.5 Å². The van der Waals surface area contributed by atoms with Gasteiger partial charge in [-0.3, -0.25) is 0 Å². The van der Waals surface area contributed by atoms with Gasteiger partial charge in [-0.2, -0.15) is 0 Å². The van der Waals surface area contributed by atoms with Crippen molar-refractivity contribution < 1.29 is 78.6 Å². The molecule has 10 aliphatic rings. The largest absolute Gasteiger partial charge is 4.00 e. The van der Waals surface area contributed by atoms with Gasteiger partial charge in [-0.05, 0) is 241 Å².